The normalized spacial score (nSPS) is 31.0. The number of nitrogens with two attached hydrogens (primary N) is 1. The van der Waals surface area contributed by atoms with Crippen LogP contribution in [0.2, 0.25) is 5.15 Å². The Kier molecular flexibility index (Phi) is 4.46. The largest absolute Gasteiger partial charge is 0.497 e. The van der Waals surface area contributed by atoms with Crippen LogP contribution in [0.3, 0.4) is 0 Å². The van der Waals surface area contributed by atoms with E-state index in [1.807, 2.05) is 24.3 Å². The van der Waals surface area contributed by atoms with E-state index in [0.717, 1.165) is 5.56 Å². The monoisotopic (exact) mass is 404 g/mol. The van der Waals surface area contributed by atoms with Crippen LogP contribution in [-0.2, 0) is 0 Å². The molecular formula is C19H21ClN4O4. The van der Waals surface area contributed by atoms with Crippen molar-refractivity contribution >= 4 is 35.5 Å². The van der Waals surface area contributed by atoms with Crippen LogP contribution in [0.4, 0.5) is 11.8 Å². The average molecular weight is 405 g/mol. The van der Waals surface area contributed by atoms with Crippen molar-refractivity contribution in [1.82, 2.24) is 9.97 Å². The van der Waals surface area contributed by atoms with E-state index in [4.69, 9.17) is 22.1 Å². The fourth-order valence-electron chi connectivity index (χ4n) is 3.90. The van der Waals surface area contributed by atoms with Crippen LogP contribution in [0.15, 0.2) is 24.3 Å². The molecule has 0 radical (unpaired) electrons. The molecule has 1 aromatic heterocycles. The molecule has 1 heterocycles. The lowest BCUT2D eigenvalue weighted by Gasteiger charge is -2.32. The van der Waals surface area contributed by atoms with E-state index in [0.29, 0.717) is 17.7 Å². The Balaban J connectivity index is 1.68. The Bertz CT molecular complexity index is 956. The number of aliphatic hydroxyl groups excluding tert-OH is 1. The van der Waals surface area contributed by atoms with Gasteiger partial charge in [-0.25, -0.2) is 4.98 Å². The Morgan fingerprint density at radius 2 is 2.11 bits per heavy atom. The lowest BCUT2D eigenvalue weighted by atomic mass is 10.0. The smallest absolute Gasteiger partial charge is 0.223 e. The summed E-state index contributed by atoms with van der Waals surface area (Å²) in [6, 6.07) is 7.41. The lowest BCUT2D eigenvalue weighted by molar-refractivity contribution is -0.0852. The summed E-state index contributed by atoms with van der Waals surface area (Å²) in [5, 5.41) is 34.4. The predicted octanol–water partition coefficient (Wildman–Crippen LogP) is 1.51. The molecule has 9 heteroatoms. The minimum Gasteiger partial charge on any atom is -0.497 e. The number of ether oxygens (including phenoxy) is 1. The van der Waals surface area contributed by atoms with Crippen molar-refractivity contribution in [3.63, 3.8) is 0 Å². The van der Waals surface area contributed by atoms with Gasteiger partial charge in [0.15, 0.2) is 5.72 Å². The molecule has 28 heavy (non-hydrogen) atoms. The molecule has 2 aliphatic rings. The molecule has 0 spiro atoms. The van der Waals surface area contributed by atoms with Crippen LogP contribution < -0.4 is 15.8 Å². The van der Waals surface area contributed by atoms with Gasteiger partial charge in [0.1, 0.15) is 22.3 Å². The van der Waals surface area contributed by atoms with Gasteiger partial charge in [0, 0.05) is 5.92 Å². The van der Waals surface area contributed by atoms with Crippen molar-refractivity contribution in [2.24, 2.45) is 5.92 Å². The van der Waals surface area contributed by atoms with Gasteiger partial charge in [0.25, 0.3) is 0 Å². The topological polar surface area (TPSA) is 134 Å². The van der Waals surface area contributed by atoms with Crippen LogP contribution in [0.5, 0.6) is 5.75 Å². The van der Waals surface area contributed by atoms with E-state index in [2.05, 4.69) is 15.3 Å². The van der Waals surface area contributed by atoms with E-state index < -0.39 is 17.4 Å². The quantitative estimate of drug-likeness (QED) is 0.374. The number of methoxy groups -OCH3 is 1. The van der Waals surface area contributed by atoms with Gasteiger partial charge in [0.05, 0.1) is 18.8 Å². The number of rotatable bonds is 5. The predicted molar refractivity (Wildman–Crippen MR) is 106 cm³/mol. The Morgan fingerprint density at radius 3 is 2.79 bits per heavy atom. The van der Waals surface area contributed by atoms with Gasteiger partial charge in [-0.05, 0) is 36.6 Å². The van der Waals surface area contributed by atoms with E-state index >= 15 is 0 Å². The van der Waals surface area contributed by atoms with Crippen LogP contribution in [0.25, 0.3) is 12.2 Å². The molecule has 0 saturated heterocycles. The van der Waals surface area contributed by atoms with Crippen molar-refractivity contribution < 1.29 is 20.1 Å². The number of hydrogen-bond acceptors (Lipinski definition) is 8. The second-order valence-corrected chi connectivity index (χ2v) is 7.50. The van der Waals surface area contributed by atoms with Gasteiger partial charge in [-0.2, -0.15) is 4.98 Å². The maximum atomic E-state index is 10.9. The van der Waals surface area contributed by atoms with Crippen molar-refractivity contribution in [2.75, 3.05) is 18.2 Å². The summed E-state index contributed by atoms with van der Waals surface area (Å²) in [7, 11) is 1.59. The van der Waals surface area contributed by atoms with Crippen molar-refractivity contribution in [1.29, 1.82) is 0 Å². The van der Waals surface area contributed by atoms with Gasteiger partial charge in [-0.1, -0.05) is 29.8 Å². The number of aromatic nitrogens is 2. The maximum absolute atomic E-state index is 10.9. The summed E-state index contributed by atoms with van der Waals surface area (Å²) in [6.07, 6.45) is 3.23. The fraction of sp³-hybridized carbons (Fsp3) is 0.368. The number of anilines is 2. The zero-order valence-electron chi connectivity index (χ0n) is 15.1. The molecule has 4 rings (SSSR count). The first kappa shape index (κ1) is 18.9. The number of nitrogens with one attached hydrogen (secondary N) is 1. The molecule has 2 saturated carbocycles. The third-order valence-electron chi connectivity index (χ3n) is 5.55. The molecule has 4 atom stereocenters. The Labute approximate surface area is 166 Å². The first-order chi connectivity index (χ1) is 13.3. The number of nitrogens with zero attached hydrogens (tertiary/aromatic N) is 2. The molecule has 8 nitrogen and oxygen atoms in total. The van der Waals surface area contributed by atoms with Crippen molar-refractivity contribution in [2.45, 2.75) is 30.3 Å². The molecular weight excluding hydrogens is 384 g/mol. The molecule has 148 valence electrons. The third kappa shape index (κ3) is 2.89. The molecule has 2 aliphatic carbocycles. The minimum atomic E-state index is -1.74. The van der Waals surface area contributed by atoms with Gasteiger partial charge in [0.2, 0.25) is 5.95 Å². The fourth-order valence-corrected chi connectivity index (χ4v) is 4.14. The number of nitrogen functional groups attached to an aromatic ring is 1. The molecule has 0 amide bonds. The Morgan fingerprint density at radius 1 is 1.32 bits per heavy atom. The molecule has 6 N–H and O–H groups in total. The first-order valence-corrected chi connectivity index (χ1v) is 9.22. The molecule has 2 fully saturated rings. The van der Waals surface area contributed by atoms with E-state index in [9.17, 15) is 15.3 Å². The van der Waals surface area contributed by atoms with Gasteiger partial charge in [-0.3, -0.25) is 0 Å². The summed E-state index contributed by atoms with van der Waals surface area (Å²) in [6.45, 7) is 0. The van der Waals surface area contributed by atoms with Crippen LogP contribution in [-0.4, -0.2) is 49.8 Å². The summed E-state index contributed by atoms with van der Waals surface area (Å²) < 4.78 is 5.21. The summed E-state index contributed by atoms with van der Waals surface area (Å²) in [5.74, 6) is 0.437. The average Bonchev–Trinajstić information content (AvgIpc) is 3.08. The van der Waals surface area contributed by atoms with Gasteiger partial charge < -0.3 is 31.1 Å². The lowest BCUT2D eigenvalue weighted by Crippen LogP contribution is -2.51. The summed E-state index contributed by atoms with van der Waals surface area (Å²) >= 11 is 6.26. The second-order valence-electron chi connectivity index (χ2n) is 7.15. The SMILES string of the molecule is COc1cccc(/C=C/c2c(Cl)nc(N)nc2N[C@@]2(O)CC[C@@H]3C(O)[C@@]32O)c1. The maximum Gasteiger partial charge on any atom is 0.223 e. The zero-order chi connectivity index (χ0) is 20.1. The highest BCUT2D eigenvalue weighted by Gasteiger charge is 2.78. The molecule has 1 aromatic carbocycles. The van der Waals surface area contributed by atoms with Crippen molar-refractivity contribution in [3.05, 3.63) is 40.5 Å². The highest BCUT2D eigenvalue weighted by Crippen LogP contribution is 2.60. The van der Waals surface area contributed by atoms with E-state index in [1.165, 1.54) is 0 Å². The zero-order valence-corrected chi connectivity index (χ0v) is 15.9. The van der Waals surface area contributed by atoms with E-state index in [1.54, 1.807) is 19.3 Å². The summed E-state index contributed by atoms with van der Waals surface area (Å²) in [4.78, 5) is 8.10. The van der Waals surface area contributed by atoms with Gasteiger partial charge >= 0.3 is 0 Å². The molecule has 0 aliphatic heterocycles. The number of halogens is 1. The Hall–Kier alpha value is -2.39. The molecule has 2 aromatic rings. The molecule has 0 bridgehead atoms. The first-order valence-electron chi connectivity index (χ1n) is 8.84. The van der Waals surface area contributed by atoms with Gasteiger partial charge in [-0.15, -0.1) is 0 Å². The number of benzene rings is 1. The standard InChI is InChI=1S/C19H21ClN4O4/c1-28-11-4-2-3-10(9-11)5-6-12-15(20)22-17(21)23-16(12)24-18(26)8-7-13-14(25)19(13,18)27/h2-6,9,13-14,25-27H,7-8H2,1H3,(H3,21,22,23,24)/b6-5+/t13-,14?,18-,19+/m1/s1. The molecule has 1 unspecified atom stereocenters. The van der Waals surface area contributed by atoms with Crippen molar-refractivity contribution in [3.8, 4) is 5.75 Å². The summed E-state index contributed by atoms with van der Waals surface area (Å²) in [5.41, 5.74) is 3.61. The van der Waals surface area contributed by atoms with Crippen LogP contribution in [0, 0.1) is 5.92 Å². The highest BCUT2D eigenvalue weighted by molar-refractivity contribution is 6.31. The van der Waals surface area contributed by atoms with Crippen LogP contribution >= 0.6 is 11.6 Å². The minimum absolute atomic E-state index is 0.0764. The van der Waals surface area contributed by atoms with Crippen LogP contribution in [0.1, 0.15) is 24.0 Å². The highest BCUT2D eigenvalue weighted by atomic mass is 35.5. The third-order valence-corrected chi connectivity index (χ3v) is 5.83. The second kappa shape index (κ2) is 6.59. The number of hydrogen-bond donors (Lipinski definition) is 5. The number of aliphatic hydroxyl groups is 3. The number of fused-ring (bicyclic) bond motifs is 1. The van der Waals surface area contributed by atoms with E-state index in [-0.39, 0.29) is 29.3 Å².